The molecule has 27 heavy (non-hydrogen) atoms. The molecule has 0 atom stereocenters. The molecule has 2 rings (SSSR count). The number of hydrogen-bond acceptors (Lipinski definition) is 3. The fourth-order valence-corrected chi connectivity index (χ4v) is 2.21. The van der Waals surface area contributed by atoms with Gasteiger partial charge in [-0.25, -0.2) is 8.78 Å². The molecule has 0 radical (unpaired) electrons. The van der Waals surface area contributed by atoms with Gasteiger partial charge in [-0.3, -0.25) is 5.41 Å². The molecule has 0 amide bonds. The van der Waals surface area contributed by atoms with Crippen molar-refractivity contribution in [3.05, 3.63) is 71.3 Å². The van der Waals surface area contributed by atoms with Crippen LogP contribution in [0, 0.1) is 17.0 Å². The van der Waals surface area contributed by atoms with Gasteiger partial charge >= 0.3 is 6.18 Å². The Kier molecular flexibility index (Phi) is 6.51. The van der Waals surface area contributed by atoms with Crippen molar-refractivity contribution in [3.63, 3.8) is 0 Å². The maximum atomic E-state index is 13.9. The molecule has 4 nitrogen and oxygen atoms in total. The Bertz CT molecular complexity index is 832. The van der Waals surface area contributed by atoms with Gasteiger partial charge in [-0.1, -0.05) is 0 Å². The van der Waals surface area contributed by atoms with E-state index in [0.29, 0.717) is 5.69 Å². The summed E-state index contributed by atoms with van der Waals surface area (Å²) in [5, 5.41) is 10.3. The third kappa shape index (κ3) is 7.06. The number of nitrogens with one attached hydrogen (secondary N) is 2. The highest BCUT2D eigenvalue weighted by atomic mass is 19.4. The van der Waals surface area contributed by atoms with Crippen molar-refractivity contribution in [3.8, 4) is 0 Å². The van der Waals surface area contributed by atoms with Crippen LogP contribution in [0.15, 0.2) is 48.5 Å². The van der Waals surface area contributed by atoms with Gasteiger partial charge < -0.3 is 15.8 Å². The number of halogens is 5. The number of rotatable bonds is 7. The molecular formula is C18H16F5N3O. The molecule has 9 heteroatoms. The average Bonchev–Trinajstić information content (AvgIpc) is 2.54. The molecule has 4 N–H and O–H groups in total. The summed E-state index contributed by atoms with van der Waals surface area (Å²) in [6.07, 6.45) is -3.28. The summed E-state index contributed by atoms with van der Waals surface area (Å²) in [6.45, 7) is -1.91. The lowest BCUT2D eigenvalue weighted by molar-refractivity contribution is -0.176. The zero-order valence-electron chi connectivity index (χ0n) is 13.9. The Hall–Kier alpha value is -2.94. The van der Waals surface area contributed by atoms with Gasteiger partial charge in [0.25, 0.3) is 0 Å². The van der Waals surface area contributed by atoms with Crippen molar-refractivity contribution < 1.29 is 26.7 Å². The van der Waals surface area contributed by atoms with Gasteiger partial charge in [0.15, 0.2) is 0 Å². The summed E-state index contributed by atoms with van der Waals surface area (Å²) in [4.78, 5) is 0. The van der Waals surface area contributed by atoms with Gasteiger partial charge in [-0.2, -0.15) is 13.2 Å². The number of hydrogen-bond donors (Lipinski definition) is 3. The third-order valence-electron chi connectivity index (χ3n) is 3.23. The molecule has 0 heterocycles. The number of ether oxygens (including phenoxy) is 1. The first-order chi connectivity index (χ1) is 12.6. The van der Waals surface area contributed by atoms with Crippen LogP contribution in [0.2, 0.25) is 0 Å². The van der Waals surface area contributed by atoms with E-state index in [1.165, 1.54) is 36.4 Å². The Balaban J connectivity index is 2.26. The summed E-state index contributed by atoms with van der Waals surface area (Å²) in [6, 6.07) is 8.84. The van der Waals surface area contributed by atoms with Crippen LogP contribution in [0.25, 0.3) is 5.70 Å². The summed E-state index contributed by atoms with van der Waals surface area (Å²) < 4.78 is 68.0. The van der Waals surface area contributed by atoms with Gasteiger partial charge in [0.1, 0.15) is 24.1 Å². The molecule has 0 saturated carbocycles. The van der Waals surface area contributed by atoms with E-state index in [9.17, 15) is 22.0 Å². The Labute approximate surface area is 152 Å². The molecule has 2 aromatic rings. The van der Waals surface area contributed by atoms with Gasteiger partial charge in [0.2, 0.25) is 0 Å². The summed E-state index contributed by atoms with van der Waals surface area (Å²) in [7, 11) is 0. The van der Waals surface area contributed by atoms with E-state index in [4.69, 9.17) is 11.1 Å². The van der Waals surface area contributed by atoms with Crippen molar-refractivity contribution in [2.75, 3.05) is 11.9 Å². The predicted molar refractivity (Wildman–Crippen MR) is 92.0 cm³/mol. The van der Waals surface area contributed by atoms with Crippen LogP contribution in [0.3, 0.4) is 0 Å². The second kappa shape index (κ2) is 8.63. The van der Waals surface area contributed by atoms with E-state index < -0.39 is 31.0 Å². The van der Waals surface area contributed by atoms with Crippen LogP contribution in [-0.2, 0) is 11.3 Å². The minimum absolute atomic E-state index is 0.171. The average molecular weight is 385 g/mol. The molecule has 0 aliphatic carbocycles. The van der Waals surface area contributed by atoms with E-state index in [1.807, 2.05) is 0 Å². The van der Waals surface area contributed by atoms with Crippen molar-refractivity contribution in [2.45, 2.75) is 12.8 Å². The van der Waals surface area contributed by atoms with Gasteiger partial charge in [0.05, 0.1) is 6.61 Å². The molecule has 0 bridgehead atoms. The third-order valence-corrected chi connectivity index (χ3v) is 3.23. The van der Waals surface area contributed by atoms with Crippen LogP contribution < -0.4 is 11.1 Å². The van der Waals surface area contributed by atoms with Crippen molar-refractivity contribution in [1.82, 2.24) is 0 Å². The fourth-order valence-electron chi connectivity index (χ4n) is 2.21. The minimum atomic E-state index is -4.49. The first kappa shape index (κ1) is 20.4. The molecule has 0 unspecified atom stereocenters. The van der Waals surface area contributed by atoms with Crippen LogP contribution in [0.4, 0.5) is 27.6 Å². The van der Waals surface area contributed by atoms with E-state index in [-0.39, 0.29) is 22.7 Å². The van der Waals surface area contributed by atoms with Crippen molar-refractivity contribution in [1.29, 1.82) is 5.41 Å². The van der Waals surface area contributed by atoms with Crippen LogP contribution in [0.1, 0.15) is 11.1 Å². The Morgan fingerprint density at radius 2 is 1.74 bits per heavy atom. The lowest BCUT2D eigenvalue weighted by Crippen LogP contribution is -2.16. The minimum Gasteiger partial charge on any atom is -0.384 e. The van der Waals surface area contributed by atoms with Gasteiger partial charge in [-0.15, -0.1) is 0 Å². The zero-order valence-corrected chi connectivity index (χ0v) is 13.9. The Morgan fingerprint density at radius 3 is 2.33 bits per heavy atom. The molecule has 0 spiro atoms. The molecule has 0 aliphatic heterocycles. The topological polar surface area (TPSA) is 71.1 Å². The SMILES string of the molecule is N=C(N)/C=C(\Nc1ccc(F)cc1)c1cc(F)cc(COCC(F)(F)F)c1. The number of benzene rings is 2. The highest BCUT2D eigenvalue weighted by Gasteiger charge is 2.27. The normalized spacial score (nSPS) is 12.1. The quantitative estimate of drug-likeness (QED) is 0.375. The maximum absolute atomic E-state index is 13.9. The van der Waals surface area contributed by atoms with E-state index >= 15 is 0 Å². The standard InChI is InChI=1S/C18H16F5N3O/c19-13-1-3-15(4-2-13)26-16(8-17(24)25)12-5-11(6-14(20)7-12)9-27-10-18(21,22)23/h1-8,26H,9-10H2,(H3,24,25)/b16-8-. The first-order valence-electron chi connectivity index (χ1n) is 7.65. The molecule has 0 saturated heterocycles. The fraction of sp³-hybridized carbons (Fsp3) is 0.167. The van der Waals surface area contributed by atoms with Crippen molar-refractivity contribution in [2.24, 2.45) is 5.73 Å². The predicted octanol–water partition coefficient (Wildman–Crippen LogP) is 4.43. The summed E-state index contributed by atoms with van der Waals surface area (Å²) >= 11 is 0. The molecule has 0 aliphatic rings. The van der Waals surface area contributed by atoms with E-state index in [0.717, 1.165) is 12.1 Å². The van der Waals surface area contributed by atoms with E-state index in [1.54, 1.807) is 0 Å². The second-order valence-electron chi connectivity index (χ2n) is 5.60. The molecule has 144 valence electrons. The van der Waals surface area contributed by atoms with E-state index in [2.05, 4.69) is 10.1 Å². The van der Waals surface area contributed by atoms with Crippen LogP contribution in [0.5, 0.6) is 0 Å². The first-order valence-corrected chi connectivity index (χ1v) is 7.65. The highest BCUT2D eigenvalue weighted by molar-refractivity contribution is 5.98. The summed E-state index contributed by atoms with van der Waals surface area (Å²) in [5.74, 6) is -1.49. The number of anilines is 1. The van der Waals surface area contributed by atoms with Gasteiger partial charge in [-0.05, 0) is 48.0 Å². The number of nitrogens with two attached hydrogens (primary N) is 1. The van der Waals surface area contributed by atoms with Crippen molar-refractivity contribution >= 4 is 17.2 Å². The number of amidine groups is 1. The second-order valence-corrected chi connectivity index (χ2v) is 5.60. The molecule has 0 fully saturated rings. The smallest absolute Gasteiger partial charge is 0.384 e. The molecule has 2 aromatic carbocycles. The molecular weight excluding hydrogens is 369 g/mol. The van der Waals surface area contributed by atoms with Crippen LogP contribution >= 0.6 is 0 Å². The molecule has 0 aromatic heterocycles. The highest BCUT2D eigenvalue weighted by Crippen LogP contribution is 2.22. The zero-order chi connectivity index (χ0) is 20.0. The monoisotopic (exact) mass is 385 g/mol. The maximum Gasteiger partial charge on any atom is 0.411 e. The lowest BCUT2D eigenvalue weighted by atomic mass is 10.1. The van der Waals surface area contributed by atoms with Crippen LogP contribution in [-0.4, -0.2) is 18.6 Å². The Morgan fingerprint density at radius 1 is 1.07 bits per heavy atom. The largest absolute Gasteiger partial charge is 0.411 e. The number of alkyl halides is 3. The van der Waals surface area contributed by atoms with Gasteiger partial charge in [0, 0.05) is 23.0 Å². The lowest BCUT2D eigenvalue weighted by Gasteiger charge is -2.14. The summed E-state index contributed by atoms with van der Waals surface area (Å²) in [5.41, 5.74) is 6.44.